The zero-order valence-electron chi connectivity index (χ0n) is 13.4. The highest BCUT2D eigenvalue weighted by Crippen LogP contribution is 2.29. The Morgan fingerprint density at radius 3 is 2.57 bits per heavy atom. The van der Waals surface area contributed by atoms with Crippen molar-refractivity contribution in [2.24, 2.45) is 5.92 Å². The van der Waals surface area contributed by atoms with Crippen molar-refractivity contribution in [2.45, 2.75) is 39.2 Å². The first kappa shape index (κ1) is 15.8. The van der Waals surface area contributed by atoms with E-state index in [0.29, 0.717) is 12.0 Å². The number of anilines is 1. The molecule has 0 heterocycles. The molecule has 0 aliphatic heterocycles. The first-order chi connectivity index (χ1) is 10.1. The Morgan fingerprint density at radius 2 is 2.00 bits per heavy atom. The van der Waals surface area contributed by atoms with E-state index in [2.05, 4.69) is 36.6 Å². The minimum atomic E-state index is -0.0215. The van der Waals surface area contributed by atoms with Crippen molar-refractivity contribution >= 4 is 11.7 Å². The molecule has 4 nitrogen and oxygen atoms in total. The number of nitrogens with zero attached hydrogens (tertiary/aromatic N) is 1. The zero-order valence-corrected chi connectivity index (χ0v) is 13.4. The summed E-state index contributed by atoms with van der Waals surface area (Å²) in [6, 6.07) is 8.41. The molecule has 2 amide bonds. The van der Waals surface area contributed by atoms with Crippen molar-refractivity contribution in [3.05, 3.63) is 29.8 Å². The molecule has 1 aliphatic carbocycles. The average molecular weight is 289 g/mol. The van der Waals surface area contributed by atoms with Crippen LogP contribution in [0.5, 0.6) is 0 Å². The fourth-order valence-corrected chi connectivity index (χ4v) is 2.32. The van der Waals surface area contributed by atoms with Gasteiger partial charge in [-0.3, -0.25) is 0 Å². The van der Waals surface area contributed by atoms with Gasteiger partial charge in [-0.2, -0.15) is 0 Å². The minimum absolute atomic E-state index is 0.0215. The van der Waals surface area contributed by atoms with E-state index in [4.69, 9.17) is 0 Å². The molecule has 1 aliphatic rings. The lowest BCUT2D eigenvalue weighted by Gasteiger charge is -2.18. The van der Waals surface area contributed by atoms with E-state index in [0.717, 1.165) is 25.2 Å². The largest absolute Gasteiger partial charge is 0.327 e. The predicted octanol–water partition coefficient (Wildman–Crippen LogP) is 3.62. The molecule has 21 heavy (non-hydrogen) atoms. The predicted molar refractivity (Wildman–Crippen MR) is 87.5 cm³/mol. The third-order valence-electron chi connectivity index (χ3n) is 3.94. The third kappa shape index (κ3) is 5.05. The van der Waals surface area contributed by atoms with Crippen LogP contribution in [0.25, 0.3) is 0 Å². The molecule has 0 radical (unpaired) electrons. The van der Waals surface area contributed by atoms with E-state index in [1.807, 2.05) is 19.2 Å². The molecule has 1 unspecified atom stereocenters. The van der Waals surface area contributed by atoms with Crippen molar-refractivity contribution in [1.29, 1.82) is 0 Å². The average Bonchev–Trinajstić information content (AvgIpc) is 3.29. The number of urea groups is 1. The van der Waals surface area contributed by atoms with Gasteiger partial charge in [0.2, 0.25) is 0 Å². The highest BCUT2D eigenvalue weighted by molar-refractivity contribution is 5.89. The molecular weight excluding hydrogens is 262 g/mol. The van der Waals surface area contributed by atoms with Gasteiger partial charge in [0.05, 0.1) is 0 Å². The summed E-state index contributed by atoms with van der Waals surface area (Å²) in [6.45, 7) is 6.21. The number of amides is 2. The Bertz CT molecular complexity index is 454. The number of benzene rings is 1. The highest BCUT2D eigenvalue weighted by Gasteiger charge is 2.24. The van der Waals surface area contributed by atoms with E-state index in [1.54, 1.807) is 4.90 Å². The second-order valence-electron chi connectivity index (χ2n) is 6.05. The lowest BCUT2D eigenvalue weighted by molar-refractivity contribution is 0.220. The maximum atomic E-state index is 12.0. The van der Waals surface area contributed by atoms with Gasteiger partial charge in [0, 0.05) is 25.3 Å². The first-order valence-corrected chi connectivity index (χ1v) is 7.95. The lowest BCUT2D eigenvalue weighted by Crippen LogP contribution is -2.32. The van der Waals surface area contributed by atoms with Crippen LogP contribution in [0.3, 0.4) is 0 Å². The van der Waals surface area contributed by atoms with Crippen molar-refractivity contribution < 1.29 is 4.79 Å². The molecule has 1 aromatic rings. The summed E-state index contributed by atoms with van der Waals surface area (Å²) in [4.78, 5) is 13.8. The second kappa shape index (κ2) is 7.46. The van der Waals surface area contributed by atoms with Crippen molar-refractivity contribution in [3.8, 4) is 0 Å². The fourth-order valence-electron chi connectivity index (χ4n) is 2.32. The number of nitrogens with one attached hydrogen (secondary N) is 2. The van der Waals surface area contributed by atoms with E-state index < -0.39 is 0 Å². The molecule has 0 saturated heterocycles. The van der Waals surface area contributed by atoms with Gasteiger partial charge < -0.3 is 15.5 Å². The fraction of sp³-hybridized carbons (Fsp3) is 0.588. The normalized spacial score (nSPS) is 15.6. The summed E-state index contributed by atoms with van der Waals surface area (Å²) >= 11 is 0. The summed E-state index contributed by atoms with van der Waals surface area (Å²) in [6.07, 6.45) is 3.65. The topological polar surface area (TPSA) is 44.4 Å². The molecule has 2 N–H and O–H groups in total. The van der Waals surface area contributed by atoms with Crippen molar-refractivity contribution in [3.63, 3.8) is 0 Å². The quantitative estimate of drug-likeness (QED) is 0.805. The molecule has 116 valence electrons. The van der Waals surface area contributed by atoms with Gasteiger partial charge in [-0.15, -0.1) is 0 Å². The van der Waals surface area contributed by atoms with Crippen molar-refractivity contribution in [1.82, 2.24) is 10.2 Å². The maximum absolute atomic E-state index is 12.0. The molecule has 0 aromatic heterocycles. The summed E-state index contributed by atoms with van der Waals surface area (Å²) in [5.74, 6) is 0.716. The molecular formula is C17H27N3O. The van der Waals surface area contributed by atoms with Crippen LogP contribution < -0.4 is 10.6 Å². The Balaban J connectivity index is 1.84. The van der Waals surface area contributed by atoms with E-state index >= 15 is 0 Å². The molecule has 1 aromatic carbocycles. The Hall–Kier alpha value is -1.55. The number of carbonyl (C=O) groups is 1. The SMILES string of the molecule is CCCNC(C)c1ccc(NC(=O)N(C)CC2CC2)cc1. The highest BCUT2D eigenvalue weighted by atomic mass is 16.2. The maximum Gasteiger partial charge on any atom is 0.321 e. The molecule has 0 spiro atoms. The standard InChI is InChI=1S/C17H27N3O/c1-4-11-18-13(2)15-7-9-16(10-8-15)19-17(21)20(3)12-14-5-6-14/h7-10,13-14,18H,4-6,11-12H2,1-3H3,(H,19,21). The first-order valence-electron chi connectivity index (χ1n) is 7.95. The molecule has 1 saturated carbocycles. The summed E-state index contributed by atoms with van der Waals surface area (Å²) < 4.78 is 0. The van der Waals surface area contributed by atoms with E-state index in [1.165, 1.54) is 18.4 Å². The summed E-state index contributed by atoms with van der Waals surface area (Å²) in [7, 11) is 1.86. The zero-order chi connectivity index (χ0) is 15.2. The van der Waals surface area contributed by atoms with Crippen LogP contribution in [0.1, 0.15) is 44.7 Å². The summed E-state index contributed by atoms with van der Waals surface area (Å²) in [5, 5.41) is 6.41. The summed E-state index contributed by atoms with van der Waals surface area (Å²) in [5.41, 5.74) is 2.10. The van der Waals surface area contributed by atoms with Gasteiger partial charge in [0.15, 0.2) is 0 Å². The van der Waals surface area contributed by atoms with Gasteiger partial charge >= 0.3 is 6.03 Å². The van der Waals surface area contributed by atoms with Crippen molar-refractivity contribution in [2.75, 3.05) is 25.5 Å². The second-order valence-corrected chi connectivity index (χ2v) is 6.05. The van der Waals surface area contributed by atoms with E-state index in [9.17, 15) is 4.79 Å². The number of hydrogen-bond acceptors (Lipinski definition) is 2. The van der Waals surface area contributed by atoms with Crippen LogP contribution in [-0.4, -0.2) is 31.1 Å². The van der Waals surface area contributed by atoms with Crippen LogP contribution in [0.4, 0.5) is 10.5 Å². The van der Waals surface area contributed by atoms with Gasteiger partial charge in [0.25, 0.3) is 0 Å². The third-order valence-corrected chi connectivity index (χ3v) is 3.94. The van der Waals surface area contributed by atoms with Crippen LogP contribution in [0, 0.1) is 5.92 Å². The van der Waals surface area contributed by atoms with Gasteiger partial charge in [0.1, 0.15) is 0 Å². The Kier molecular flexibility index (Phi) is 5.62. The molecule has 1 fully saturated rings. The van der Waals surface area contributed by atoms with Crippen LogP contribution in [0.15, 0.2) is 24.3 Å². The molecule has 2 rings (SSSR count). The molecule has 1 atom stereocenters. The van der Waals surface area contributed by atoms with Gasteiger partial charge in [-0.05, 0) is 56.3 Å². The monoisotopic (exact) mass is 289 g/mol. The Labute approximate surface area is 127 Å². The number of rotatable bonds is 7. The number of hydrogen-bond donors (Lipinski definition) is 2. The number of carbonyl (C=O) groups excluding carboxylic acids is 1. The van der Waals surface area contributed by atoms with Gasteiger partial charge in [-0.25, -0.2) is 4.79 Å². The lowest BCUT2D eigenvalue weighted by atomic mass is 10.1. The molecule has 4 heteroatoms. The Morgan fingerprint density at radius 1 is 1.33 bits per heavy atom. The van der Waals surface area contributed by atoms with Gasteiger partial charge in [-0.1, -0.05) is 19.1 Å². The van der Waals surface area contributed by atoms with E-state index in [-0.39, 0.29) is 6.03 Å². The minimum Gasteiger partial charge on any atom is -0.327 e. The molecule has 0 bridgehead atoms. The van der Waals surface area contributed by atoms with Crippen LogP contribution in [-0.2, 0) is 0 Å². The smallest absolute Gasteiger partial charge is 0.321 e. The van der Waals surface area contributed by atoms with Crippen LogP contribution >= 0.6 is 0 Å². The van der Waals surface area contributed by atoms with Crippen LogP contribution in [0.2, 0.25) is 0 Å².